The van der Waals surface area contributed by atoms with Crippen LogP contribution in [0.2, 0.25) is 5.02 Å². The molecule has 2 aromatic rings. The lowest BCUT2D eigenvalue weighted by atomic mass is 10.2. The second kappa shape index (κ2) is 8.47. The van der Waals surface area contributed by atoms with Crippen molar-refractivity contribution in [1.29, 1.82) is 0 Å². The lowest BCUT2D eigenvalue weighted by molar-refractivity contribution is -0.118. The van der Waals surface area contributed by atoms with Gasteiger partial charge in [-0.3, -0.25) is 4.79 Å². The summed E-state index contributed by atoms with van der Waals surface area (Å²) in [6.45, 7) is 0.512. The molecule has 0 aliphatic rings. The van der Waals surface area contributed by atoms with Crippen molar-refractivity contribution in [2.75, 3.05) is 5.75 Å². The average molecular weight is 385 g/mol. The number of amides is 1. The molecule has 21 heavy (non-hydrogen) atoms. The first-order valence-corrected chi connectivity index (χ1v) is 8.79. The van der Waals surface area contributed by atoms with Gasteiger partial charge in [0.1, 0.15) is 0 Å². The second-order valence-corrected chi connectivity index (χ2v) is 6.86. The smallest absolute Gasteiger partial charge is 0.230 e. The third-order valence-electron chi connectivity index (χ3n) is 2.79. The van der Waals surface area contributed by atoms with E-state index in [9.17, 15) is 4.79 Å². The fourth-order valence-corrected chi connectivity index (χ4v) is 3.04. The zero-order valence-electron chi connectivity index (χ0n) is 11.3. The van der Waals surface area contributed by atoms with Gasteiger partial charge in [-0.1, -0.05) is 51.8 Å². The Kier molecular flexibility index (Phi) is 6.61. The highest BCUT2D eigenvalue weighted by Gasteiger charge is 2.02. The number of thioether (sulfide) groups is 1. The van der Waals surface area contributed by atoms with Gasteiger partial charge in [-0.15, -0.1) is 11.8 Å². The van der Waals surface area contributed by atoms with E-state index in [4.69, 9.17) is 11.6 Å². The largest absolute Gasteiger partial charge is 0.351 e. The van der Waals surface area contributed by atoms with Crippen molar-refractivity contribution in [3.63, 3.8) is 0 Å². The first kappa shape index (κ1) is 16.4. The molecule has 2 nitrogen and oxygen atoms in total. The third kappa shape index (κ3) is 6.12. The maximum absolute atomic E-state index is 11.8. The van der Waals surface area contributed by atoms with E-state index >= 15 is 0 Å². The fourth-order valence-electron chi connectivity index (χ4n) is 1.74. The molecule has 1 amide bonds. The lowest BCUT2D eigenvalue weighted by Gasteiger charge is -2.06. The number of carbonyl (C=O) groups is 1. The number of carbonyl (C=O) groups excluding carboxylic acids is 1. The summed E-state index contributed by atoms with van der Waals surface area (Å²) in [5.74, 6) is 1.33. The predicted octanol–water partition coefficient (Wildman–Crippen LogP) is 4.65. The quantitative estimate of drug-likeness (QED) is 0.785. The molecule has 0 heterocycles. The minimum Gasteiger partial charge on any atom is -0.351 e. The normalized spacial score (nSPS) is 10.4. The van der Waals surface area contributed by atoms with Crippen LogP contribution in [-0.2, 0) is 17.1 Å². The Morgan fingerprint density at radius 2 is 1.90 bits per heavy atom. The van der Waals surface area contributed by atoms with Crippen LogP contribution in [0.3, 0.4) is 0 Å². The highest BCUT2D eigenvalue weighted by atomic mass is 79.9. The topological polar surface area (TPSA) is 29.1 Å². The van der Waals surface area contributed by atoms with Crippen LogP contribution >= 0.6 is 39.3 Å². The summed E-state index contributed by atoms with van der Waals surface area (Å²) in [4.78, 5) is 11.8. The molecule has 0 aliphatic carbocycles. The molecule has 0 atom stereocenters. The minimum absolute atomic E-state index is 0.0390. The predicted molar refractivity (Wildman–Crippen MR) is 93.6 cm³/mol. The molecule has 0 unspecified atom stereocenters. The Labute approximate surface area is 142 Å². The molecular weight excluding hydrogens is 370 g/mol. The number of nitrogens with one attached hydrogen (secondary N) is 1. The summed E-state index contributed by atoms with van der Waals surface area (Å²) in [5.41, 5.74) is 2.22. The lowest BCUT2D eigenvalue weighted by Crippen LogP contribution is -2.24. The third-order valence-corrected chi connectivity index (χ3v) is 4.56. The highest BCUT2D eigenvalue weighted by Crippen LogP contribution is 2.16. The van der Waals surface area contributed by atoms with Gasteiger partial charge in [0.25, 0.3) is 0 Å². The molecule has 0 bridgehead atoms. The molecule has 0 fully saturated rings. The van der Waals surface area contributed by atoms with Gasteiger partial charge < -0.3 is 5.32 Å². The zero-order valence-corrected chi connectivity index (χ0v) is 14.5. The van der Waals surface area contributed by atoms with Crippen molar-refractivity contribution in [1.82, 2.24) is 5.32 Å². The summed E-state index contributed by atoms with van der Waals surface area (Å²) < 4.78 is 1.07. The Balaban J connectivity index is 1.69. The van der Waals surface area contributed by atoms with Crippen molar-refractivity contribution in [3.8, 4) is 0 Å². The standard InChI is InChI=1S/C16H15BrClNOS/c17-14-6-4-12(5-7-14)10-21-11-16(20)19-9-13-2-1-3-15(18)8-13/h1-8H,9-11H2,(H,19,20). The monoisotopic (exact) mass is 383 g/mol. The summed E-state index contributed by atoms with van der Waals surface area (Å²) in [6.07, 6.45) is 0. The summed E-state index contributed by atoms with van der Waals surface area (Å²) >= 11 is 10.9. The molecule has 0 spiro atoms. The number of benzene rings is 2. The Morgan fingerprint density at radius 1 is 1.14 bits per heavy atom. The number of hydrogen-bond donors (Lipinski definition) is 1. The van der Waals surface area contributed by atoms with Crippen LogP contribution in [0.5, 0.6) is 0 Å². The van der Waals surface area contributed by atoms with Gasteiger partial charge >= 0.3 is 0 Å². The minimum atomic E-state index is 0.0390. The first-order chi connectivity index (χ1) is 10.1. The second-order valence-electron chi connectivity index (χ2n) is 4.53. The van der Waals surface area contributed by atoms with E-state index in [1.54, 1.807) is 11.8 Å². The van der Waals surface area contributed by atoms with Crippen molar-refractivity contribution in [2.24, 2.45) is 0 Å². The van der Waals surface area contributed by atoms with Crippen LogP contribution in [0.4, 0.5) is 0 Å². The van der Waals surface area contributed by atoms with Crippen molar-refractivity contribution >= 4 is 45.2 Å². The van der Waals surface area contributed by atoms with Gasteiger partial charge in [0.2, 0.25) is 5.91 Å². The van der Waals surface area contributed by atoms with Crippen LogP contribution in [0.15, 0.2) is 53.0 Å². The fraction of sp³-hybridized carbons (Fsp3) is 0.188. The van der Waals surface area contributed by atoms with Gasteiger partial charge in [-0.25, -0.2) is 0 Å². The molecule has 0 aromatic heterocycles. The molecule has 2 rings (SSSR count). The van der Waals surface area contributed by atoms with E-state index in [0.717, 1.165) is 15.8 Å². The summed E-state index contributed by atoms with van der Waals surface area (Å²) in [5, 5.41) is 3.58. The molecule has 0 saturated heterocycles. The molecule has 0 radical (unpaired) electrons. The molecule has 0 aliphatic heterocycles. The molecule has 110 valence electrons. The van der Waals surface area contributed by atoms with Crippen LogP contribution < -0.4 is 5.32 Å². The van der Waals surface area contributed by atoms with E-state index in [1.165, 1.54) is 5.56 Å². The number of hydrogen-bond acceptors (Lipinski definition) is 2. The van der Waals surface area contributed by atoms with Gasteiger partial charge in [-0.2, -0.15) is 0 Å². The maximum Gasteiger partial charge on any atom is 0.230 e. The van der Waals surface area contributed by atoms with Crippen LogP contribution in [-0.4, -0.2) is 11.7 Å². The Morgan fingerprint density at radius 3 is 2.62 bits per heavy atom. The maximum atomic E-state index is 11.8. The molecule has 1 N–H and O–H groups in total. The summed E-state index contributed by atoms with van der Waals surface area (Å²) in [7, 11) is 0. The van der Waals surface area contributed by atoms with E-state index in [-0.39, 0.29) is 5.91 Å². The number of rotatable bonds is 6. The van der Waals surface area contributed by atoms with E-state index in [1.807, 2.05) is 36.4 Å². The molecule has 2 aromatic carbocycles. The zero-order chi connectivity index (χ0) is 15.1. The SMILES string of the molecule is O=C(CSCc1ccc(Br)cc1)NCc1cccc(Cl)c1. The van der Waals surface area contributed by atoms with Crippen molar-refractivity contribution in [3.05, 3.63) is 69.2 Å². The van der Waals surface area contributed by atoms with Gasteiger partial charge in [-0.05, 0) is 35.4 Å². The van der Waals surface area contributed by atoms with Crippen LogP contribution in [0, 0.1) is 0 Å². The molecular formula is C16H15BrClNOS. The van der Waals surface area contributed by atoms with Crippen molar-refractivity contribution in [2.45, 2.75) is 12.3 Å². The van der Waals surface area contributed by atoms with Gasteiger partial charge in [0.15, 0.2) is 0 Å². The Hall–Kier alpha value is -0.970. The first-order valence-electron chi connectivity index (χ1n) is 6.47. The van der Waals surface area contributed by atoms with E-state index in [0.29, 0.717) is 17.3 Å². The van der Waals surface area contributed by atoms with Crippen LogP contribution in [0.25, 0.3) is 0 Å². The van der Waals surface area contributed by atoms with E-state index in [2.05, 4.69) is 33.4 Å². The number of halogens is 2. The molecule has 0 saturated carbocycles. The summed E-state index contributed by atoms with van der Waals surface area (Å²) in [6, 6.07) is 15.6. The molecule has 5 heteroatoms. The van der Waals surface area contributed by atoms with E-state index < -0.39 is 0 Å². The Bertz CT molecular complexity index is 603. The van der Waals surface area contributed by atoms with Crippen molar-refractivity contribution < 1.29 is 4.79 Å². The average Bonchev–Trinajstić information content (AvgIpc) is 2.47. The van der Waals surface area contributed by atoms with Gasteiger partial charge in [0.05, 0.1) is 5.75 Å². The van der Waals surface area contributed by atoms with Gasteiger partial charge in [0, 0.05) is 21.8 Å². The highest BCUT2D eigenvalue weighted by molar-refractivity contribution is 9.10. The van der Waals surface area contributed by atoms with Crippen LogP contribution in [0.1, 0.15) is 11.1 Å².